The highest BCUT2D eigenvalue weighted by atomic mass is 15.2. The number of rotatable bonds is 4. The van der Waals surface area contributed by atoms with Gasteiger partial charge in [-0.3, -0.25) is 4.98 Å². The first-order valence-electron chi connectivity index (χ1n) is 22.2. The minimum absolute atomic E-state index is 0.376. The average molecular weight is 784 g/mol. The van der Waals surface area contributed by atoms with Gasteiger partial charge in [0.05, 0.1) is 35.0 Å². The second-order valence-corrected chi connectivity index (χ2v) is 17.9. The zero-order chi connectivity index (χ0) is 40.0. The van der Waals surface area contributed by atoms with Crippen molar-refractivity contribution in [2.45, 2.75) is 50.1 Å². The number of nitrogens with zero attached hydrogens (tertiary/aromatic N) is 3. The average Bonchev–Trinajstić information content (AvgIpc) is 3.67. The SMILES string of the molecule is C1=CC2c3ccccc3N(C3C=CC4CC(c5ccc6cc(C7=CC8=CC=C(c9cnc%10c%11ccccc%11c%11ccccc%11c%10n9)CC8CC7)ccc6c5)=CC=C4C3)C2C=C1. The van der Waals surface area contributed by atoms with Gasteiger partial charge >= 0.3 is 0 Å². The Morgan fingerprint density at radius 2 is 1.30 bits per heavy atom. The molecule has 0 bridgehead atoms. The van der Waals surface area contributed by atoms with Crippen molar-refractivity contribution in [3.05, 3.63) is 216 Å². The maximum atomic E-state index is 5.30. The van der Waals surface area contributed by atoms with E-state index in [9.17, 15) is 0 Å². The number of allylic oxidation sites excluding steroid dienone is 12. The van der Waals surface area contributed by atoms with Crippen LogP contribution in [0.4, 0.5) is 5.69 Å². The number of hydrogen-bond acceptors (Lipinski definition) is 3. The highest BCUT2D eigenvalue weighted by Gasteiger charge is 2.40. The van der Waals surface area contributed by atoms with Crippen LogP contribution in [0.2, 0.25) is 0 Å². The molecule has 0 spiro atoms. The second-order valence-electron chi connectivity index (χ2n) is 17.9. The summed E-state index contributed by atoms with van der Waals surface area (Å²) >= 11 is 0. The van der Waals surface area contributed by atoms with Gasteiger partial charge in [0.1, 0.15) is 0 Å². The van der Waals surface area contributed by atoms with Crippen molar-refractivity contribution in [3.63, 3.8) is 0 Å². The monoisotopic (exact) mass is 783 g/mol. The number of aromatic nitrogens is 2. The molecule has 5 aliphatic carbocycles. The minimum atomic E-state index is 0.376. The molecule has 0 fully saturated rings. The molecule has 0 amide bonds. The minimum Gasteiger partial charge on any atom is -0.357 e. The standard InChI is InChI=1S/C58H45N3/c1-3-13-52-48(9-1)49-10-2-4-14-53(49)58-57(52)59-35-54(60-58)46-26-25-42-31-40(21-22-43(42)33-46)38-18-17-37-30-39(20-19-36(37)29-38)41-23-24-45-34-47(28-27-44(45)32-41)61-55-15-7-5-11-50(55)51-12-6-8-16-56(51)61/h1-20,23-31,35,43-44,47,50,55H,21-22,32-34H2. The summed E-state index contributed by atoms with van der Waals surface area (Å²) in [6.07, 6.45) is 33.5. The van der Waals surface area contributed by atoms with Crippen LogP contribution in [0.25, 0.3) is 60.1 Å². The molecule has 2 heterocycles. The zero-order valence-electron chi connectivity index (χ0n) is 34.1. The first-order chi connectivity index (χ1) is 30.2. The third-order valence-electron chi connectivity index (χ3n) is 14.6. The van der Waals surface area contributed by atoms with Gasteiger partial charge in [-0.2, -0.15) is 0 Å². The molecule has 3 heteroatoms. The van der Waals surface area contributed by atoms with Gasteiger partial charge in [0.25, 0.3) is 0 Å². The second kappa shape index (κ2) is 13.9. The highest BCUT2D eigenvalue weighted by molar-refractivity contribution is 6.23. The number of hydrogen-bond donors (Lipinski definition) is 0. The first kappa shape index (κ1) is 35.0. The lowest BCUT2D eigenvalue weighted by Crippen LogP contribution is -2.42. The molecule has 6 aromatic carbocycles. The van der Waals surface area contributed by atoms with Crippen LogP contribution in [-0.4, -0.2) is 22.1 Å². The number of fused-ring (bicyclic) bond motifs is 12. The molecule has 0 N–H and O–H groups in total. The van der Waals surface area contributed by atoms with Crippen LogP contribution in [0.5, 0.6) is 0 Å². The molecular weight excluding hydrogens is 739 g/mol. The van der Waals surface area contributed by atoms with E-state index in [-0.39, 0.29) is 0 Å². The molecule has 0 saturated heterocycles. The van der Waals surface area contributed by atoms with E-state index >= 15 is 0 Å². The maximum Gasteiger partial charge on any atom is 0.0979 e. The lowest BCUT2D eigenvalue weighted by atomic mass is 9.76. The van der Waals surface area contributed by atoms with Gasteiger partial charge in [0.15, 0.2) is 0 Å². The molecule has 0 saturated carbocycles. The van der Waals surface area contributed by atoms with Crippen molar-refractivity contribution < 1.29 is 0 Å². The van der Waals surface area contributed by atoms with Crippen LogP contribution in [0.3, 0.4) is 0 Å². The third kappa shape index (κ3) is 5.71. The maximum absolute atomic E-state index is 5.30. The number of anilines is 1. The summed E-state index contributed by atoms with van der Waals surface area (Å²) in [6, 6.07) is 41.2. The smallest absolute Gasteiger partial charge is 0.0979 e. The Morgan fingerprint density at radius 1 is 0.574 bits per heavy atom. The molecular formula is C58H45N3. The quantitative estimate of drug-likeness (QED) is 0.131. The van der Waals surface area contributed by atoms with E-state index < -0.39 is 0 Å². The fraction of sp³-hybridized carbons (Fsp3) is 0.172. The van der Waals surface area contributed by atoms with Crippen molar-refractivity contribution in [1.29, 1.82) is 0 Å². The van der Waals surface area contributed by atoms with Crippen LogP contribution >= 0.6 is 0 Å². The third-order valence-corrected chi connectivity index (χ3v) is 14.6. The van der Waals surface area contributed by atoms with Gasteiger partial charge in [0.2, 0.25) is 0 Å². The van der Waals surface area contributed by atoms with Crippen LogP contribution in [0.15, 0.2) is 193 Å². The van der Waals surface area contributed by atoms with Gasteiger partial charge in [-0.05, 0) is 117 Å². The number of benzene rings is 6. The predicted molar refractivity (Wildman–Crippen MR) is 255 cm³/mol. The Hall–Kier alpha value is -6.84. The van der Waals surface area contributed by atoms with Crippen LogP contribution in [0.1, 0.15) is 60.4 Å². The summed E-state index contributed by atoms with van der Waals surface area (Å²) in [6.45, 7) is 0. The van der Waals surface area contributed by atoms with Gasteiger partial charge in [-0.15, -0.1) is 0 Å². The lowest BCUT2D eigenvalue weighted by Gasteiger charge is -2.39. The van der Waals surface area contributed by atoms with Gasteiger partial charge in [0, 0.05) is 28.3 Å². The summed E-state index contributed by atoms with van der Waals surface area (Å²) in [4.78, 5) is 13.0. The Balaban J connectivity index is 0.741. The Morgan fingerprint density at radius 3 is 2.13 bits per heavy atom. The van der Waals surface area contributed by atoms with Crippen molar-refractivity contribution in [1.82, 2.24) is 9.97 Å². The van der Waals surface area contributed by atoms with Crippen molar-refractivity contribution in [3.8, 4) is 0 Å². The zero-order valence-corrected chi connectivity index (χ0v) is 34.1. The molecule has 7 aromatic rings. The number of para-hydroxylation sites is 1. The molecule has 5 atom stereocenters. The fourth-order valence-corrected chi connectivity index (χ4v) is 11.5. The Kier molecular flexibility index (Phi) is 7.94. The van der Waals surface area contributed by atoms with Crippen molar-refractivity contribution >= 4 is 65.8 Å². The summed E-state index contributed by atoms with van der Waals surface area (Å²) < 4.78 is 0. The summed E-state index contributed by atoms with van der Waals surface area (Å²) in [7, 11) is 0. The largest absolute Gasteiger partial charge is 0.357 e. The molecule has 13 rings (SSSR count). The van der Waals surface area contributed by atoms with Gasteiger partial charge in [-0.25, -0.2) is 4.98 Å². The summed E-state index contributed by atoms with van der Waals surface area (Å²) in [5, 5.41) is 7.41. The summed E-state index contributed by atoms with van der Waals surface area (Å²) in [5.74, 6) is 1.41. The Labute approximate surface area is 356 Å². The highest BCUT2D eigenvalue weighted by Crippen LogP contribution is 2.48. The summed E-state index contributed by atoms with van der Waals surface area (Å²) in [5.41, 5.74) is 15.6. The molecule has 0 radical (unpaired) electrons. The van der Waals surface area contributed by atoms with E-state index in [1.807, 2.05) is 6.20 Å². The predicted octanol–water partition coefficient (Wildman–Crippen LogP) is 14.1. The van der Waals surface area contributed by atoms with E-state index in [4.69, 9.17) is 9.97 Å². The normalized spacial score (nSPS) is 23.8. The van der Waals surface area contributed by atoms with Gasteiger partial charge in [-0.1, -0.05) is 163 Å². The van der Waals surface area contributed by atoms with Gasteiger partial charge < -0.3 is 4.90 Å². The van der Waals surface area contributed by atoms with Crippen molar-refractivity contribution in [2.75, 3.05) is 4.90 Å². The first-order valence-corrected chi connectivity index (χ1v) is 22.2. The molecule has 3 nitrogen and oxygen atoms in total. The van der Waals surface area contributed by atoms with E-state index in [1.54, 1.807) is 5.57 Å². The van der Waals surface area contributed by atoms with E-state index in [0.29, 0.717) is 29.8 Å². The van der Waals surface area contributed by atoms with Crippen molar-refractivity contribution in [2.24, 2.45) is 11.8 Å². The van der Waals surface area contributed by atoms with Crippen LogP contribution < -0.4 is 4.90 Å². The van der Waals surface area contributed by atoms with E-state index in [0.717, 1.165) is 54.2 Å². The van der Waals surface area contributed by atoms with E-state index in [1.165, 1.54) is 71.6 Å². The molecule has 61 heavy (non-hydrogen) atoms. The van der Waals surface area contributed by atoms with Crippen LogP contribution in [-0.2, 0) is 0 Å². The fourth-order valence-electron chi connectivity index (χ4n) is 11.5. The molecule has 292 valence electrons. The molecule has 1 aliphatic heterocycles. The Bertz CT molecular complexity index is 3240. The lowest BCUT2D eigenvalue weighted by molar-refractivity contribution is 0.565. The molecule has 1 aromatic heterocycles. The molecule has 5 unspecified atom stereocenters. The van der Waals surface area contributed by atoms with E-state index in [2.05, 4.69) is 181 Å². The molecule has 6 aliphatic rings. The van der Waals surface area contributed by atoms with Crippen LogP contribution in [0, 0.1) is 11.8 Å². The topological polar surface area (TPSA) is 29.0 Å².